The number of hydrogen-bond acceptors (Lipinski definition) is 4. The number of nitrogens with zero attached hydrogens (tertiary/aromatic N) is 3. The van der Waals surface area contributed by atoms with E-state index >= 15 is 0 Å². The summed E-state index contributed by atoms with van der Waals surface area (Å²) in [6.45, 7) is 6.46. The van der Waals surface area contributed by atoms with Crippen LogP contribution in [0, 0.1) is 0 Å². The minimum atomic E-state index is 0.115. The Morgan fingerprint density at radius 2 is 1.93 bits per heavy atom. The van der Waals surface area contributed by atoms with Gasteiger partial charge >= 0.3 is 0 Å². The van der Waals surface area contributed by atoms with Crippen LogP contribution in [0.5, 0.6) is 0 Å². The molecule has 0 N–H and O–H groups in total. The monoisotopic (exact) mass is 365 g/mol. The third kappa shape index (κ3) is 5.98. The van der Waals surface area contributed by atoms with E-state index in [0.29, 0.717) is 12.3 Å². The van der Waals surface area contributed by atoms with Crippen LogP contribution < -0.4 is 0 Å². The molecule has 1 aromatic carbocycles. The summed E-state index contributed by atoms with van der Waals surface area (Å²) in [5.41, 5.74) is 2.58. The zero-order chi connectivity index (χ0) is 18.9. The molecule has 27 heavy (non-hydrogen) atoms. The van der Waals surface area contributed by atoms with E-state index in [2.05, 4.69) is 52.0 Å². The number of likely N-dealkylation sites (N-methyl/N-ethyl adjacent to an activating group) is 1. The highest BCUT2D eigenvalue weighted by Gasteiger charge is 2.30. The van der Waals surface area contributed by atoms with Crippen molar-refractivity contribution >= 4 is 5.78 Å². The number of benzene rings is 1. The zero-order valence-corrected chi connectivity index (χ0v) is 16.4. The topological polar surface area (TPSA) is 36.4 Å². The minimum absolute atomic E-state index is 0.115. The zero-order valence-electron chi connectivity index (χ0n) is 16.4. The molecule has 1 aromatic heterocycles. The van der Waals surface area contributed by atoms with Gasteiger partial charge in [0.25, 0.3) is 0 Å². The fraction of sp³-hybridized carbons (Fsp3) is 0.478. The van der Waals surface area contributed by atoms with Gasteiger partial charge in [0.15, 0.2) is 5.78 Å². The lowest BCUT2D eigenvalue weighted by Crippen LogP contribution is -2.42. The summed E-state index contributed by atoms with van der Waals surface area (Å²) in [6, 6.07) is 14.8. The molecular weight excluding hydrogens is 334 g/mol. The molecule has 4 heteroatoms. The molecule has 3 rings (SSSR count). The lowest BCUT2D eigenvalue weighted by molar-refractivity contribution is -0.124. The van der Waals surface area contributed by atoms with E-state index in [1.807, 2.05) is 24.5 Å². The van der Waals surface area contributed by atoms with Crippen molar-refractivity contribution in [3.63, 3.8) is 0 Å². The Balaban J connectivity index is 1.59. The van der Waals surface area contributed by atoms with E-state index in [-0.39, 0.29) is 6.04 Å². The van der Waals surface area contributed by atoms with Crippen molar-refractivity contribution in [2.24, 2.45) is 0 Å². The summed E-state index contributed by atoms with van der Waals surface area (Å²) in [6.07, 6.45) is 7.92. The molecule has 0 spiro atoms. The van der Waals surface area contributed by atoms with Gasteiger partial charge in [-0.3, -0.25) is 19.6 Å². The number of aromatic nitrogens is 1. The van der Waals surface area contributed by atoms with Crippen molar-refractivity contribution < 1.29 is 4.79 Å². The number of carbonyl (C=O) groups excluding carboxylic acids is 1. The molecule has 0 unspecified atom stereocenters. The number of hydrogen-bond donors (Lipinski definition) is 0. The third-order valence-electron chi connectivity index (χ3n) is 5.46. The molecule has 1 aliphatic rings. The molecule has 0 radical (unpaired) electrons. The smallest absolute Gasteiger partial charge is 0.163 e. The van der Waals surface area contributed by atoms with Crippen molar-refractivity contribution in [2.45, 2.75) is 45.2 Å². The van der Waals surface area contributed by atoms with Crippen LogP contribution in [-0.4, -0.2) is 52.8 Å². The first kappa shape index (κ1) is 19.7. The standard InChI is InChI=1S/C23H31N3O/c1-2-26-17-7-11-22(26)23(27)19-25(18-21-12-14-24-15-13-21)16-6-10-20-8-4-3-5-9-20/h3-5,8-9,12-15,22H,2,6-7,10-11,16-19H2,1H3/t22-/m0/s1. The van der Waals surface area contributed by atoms with Crippen LogP contribution in [-0.2, 0) is 17.8 Å². The van der Waals surface area contributed by atoms with Crippen molar-refractivity contribution in [3.05, 3.63) is 66.0 Å². The Bertz CT molecular complexity index is 689. The van der Waals surface area contributed by atoms with Crippen LogP contribution >= 0.6 is 0 Å². The van der Waals surface area contributed by atoms with Gasteiger partial charge in [0.2, 0.25) is 0 Å². The maximum Gasteiger partial charge on any atom is 0.163 e. The molecule has 1 fully saturated rings. The largest absolute Gasteiger partial charge is 0.296 e. The molecule has 2 aromatic rings. The first-order valence-corrected chi connectivity index (χ1v) is 10.2. The molecular formula is C23H31N3O. The van der Waals surface area contributed by atoms with E-state index in [4.69, 9.17) is 0 Å². The summed E-state index contributed by atoms with van der Waals surface area (Å²) in [5, 5.41) is 0. The second-order valence-electron chi connectivity index (χ2n) is 7.41. The van der Waals surface area contributed by atoms with E-state index in [1.165, 1.54) is 11.1 Å². The van der Waals surface area contributed by atoms with Gasteiger partial charge < -0.3 is 0 Å². The van der Waals surface area contributed by atoms with Crippen molar-refractivity contribution in [3.8, 4) is 0 Å². The predicted octanol–water partition coefficient (Wildman–Crippen LogP) is 3.57. The van der Waals surface area contributed by atoms with Gasteiger partial charge in [-0.25, -0.2) is 0 Å². The molecule has 1 aliphatic heterocycles. The molecule has 0 aliphatic carbocycles. The molecule has 4 nitrogen and oxygen atoms in total. The molecule has 0 saturated carbocycles. The van der Waals surface area contributed by atoms with Gasteiger partial charge in [0.05, 0.1) is 12.6 Å². The van der Waals surface area contributed by atoms with Crippen molar-refractivity contribution in [2.75, 3.05) is 26.2 Å². The Morgan fingerprint density at radius 3 is 2.67 bits per heavy atom. The van der Waals surface area contributed by atoms with Crippen LogP contribution in [0.15, 0.2) is 54.9 Å². The molecule has 1 saturated heterocycles. The maximum atomic E-state index is 13.0. The van der Waals surface area contributed by atoms with E-state index in [0.717, 1.165) is 51.9 Å². The number of likely N-dealkylation sites (tertiary alicyclic amines) is 1. The Hall–Kier alpha value is -2.04. The van der Waals surface area contributed by atoms with Gasteiger partial charge in [-0.15, -0.1) is 0 Å². The second-order valence-corrected chi connectivity index (χ2v) is 7.41. The van der Waals surface area contributed by atoms with Crippen LogP contribution in [0.2, 0.25) is 0 Å². The average molecular weight is 366 g/mol. The lowest BCUT2D eigenvalue weighted by atomic mass is 10.1. The summed E-state index contributed by atoms with van der Waals surface area (Å²) in [7, 11) is 0. The quantitative estimate of drug-likeness (QED) is 0.645. The molecule has 2 heterocycles. The summed E-state index contributed by atoms with van der Waals surface area (Å²) >= 11 is 0. The first-order chi connectivity index (χ1) is 13.3. The first-order valence-electron chi connectivity index (χ1n) is 10.2. The number of pyridine rings is 1. The van der Waals surface area contributed by atoms with E-state index < -0.39 is 0 Å². The van der Waals surface area contributed by atoms with Crippen LogP contribution in [0.3, 0.4) is 0 Å². The van der Waals surface area contributed by atoms with Gasteiger partial charge in [0.1, 0.15) is 0 Å². The van der Waals surface area contributed by atoms with Gasteiger partial charge in [-0.2, -0.15) is 0 Å². The number of Topliss-reactive ketones (excluding diaryl/α,β-unsaturated/α-hetero) is 1. The average Bonchev–Trinajstić information content (AvgIpc) is 3.18. The molecule has 0 bridgehead atoms. The molecule has 144 valence electrons. The van der Waals surface area contributed by atoms with Gasteiger partial charge in [-0.05, 0) is 68.6 Å². The normalized spacial score (nSPS) is 17.5. The highest BCUT2D eigenvalue weighted by atomic mass is 16.1. The third-order valence-corrected chi connectivity index (χ3v) is 5.46. The second kappa shape index (κ2) is 10.3. The highest BCUT2D eigenvalue weighted by Crippen LogP contribution is 2.18. The lowest BCUT2D eigenvalue weighted by Gasteiger charge is -2.26. The predicted molar refractivity (Wildman–Crippen MR) is 110 cm³/mol. The number of carbonyl (C=O) groups is 1. The van der Waals surface area contributed by atoms with Crippen LogP contribution in [0.1, 0.15) is 37.3 Å². The van der Waals surface area contributed by atoms with Gasteiger partial charge in [-0.1, -0.05) is 37.3 Å². The SMILES string of the molecule is CCN1CCC[C@H]1C(=O)CN(CCCc1ccccc1)Cc1ccncc1. The fourth-order valence-corrected chi connectivity index (χ4v) is 4.01. The maximum absolute atomic E-state index is 13.0. The number of rotatable bonds is 10. The Morgan fingerprint density at radius 1 is 1.15 bits per heavy atom. The van der Waals surface area contributed by atoms with Crippen molar-refractivity contribution in [1.82, 2.24) is 14.8 Å². The van der Waals surface area contributed by atoms with Crippen molar-refractivity contribution in [1.29, 1.82) is 0 Å². The fourth-order valence-electron chi connectivity index (χ4n) is 4.01. The van der Waals surface area contributed by atoms with Crippen LogP contribution in [0.25, 0.3) is 0 Å². The molecule has 0 amide bonds. The summed E-state index contributed by atoms with van der Waals surface area (Å²) in [4.78, 5) is 21.7. The Labute approximate surface area is 163 Å². The number of ketones is 1. The summed E-state index contributed by atoms with van der Waals surface area (Å²) < 4.78 is 0. The van der Waals surface area contributed by atoms with Crippen LogP contribution in [0.4, 0.5) is 0 Å². The Kier molecular flexibility index (Phi) is 7.55. The van der Waals surface area contributed by atoms with E-state index in [9.17, 15) is 4.79 Å². The van der Waals surface area contributed by atoms with E-state index in [1.54, 1.807) is 0 Å². The highest BCUT2D eigenvalue weighted by molar-refractivity contribution is 5.86. The molecule has 1 atom stereocenters. The van der Waals surface area contributed by atoms with Gasteiger partial charge in [0, 0.05) is 18.9 Å². The number of aryl methyl sites for hydroxylation is 1. The summed E-state index contributed by atoms with van der Waals surface area (Å²) in [5.74, 6) is 0.378. The minimum Gasteiger partial charge on any atom is -0.296 e.